The Morgan fingerprint density at radius 1 is 0.767 bits per heavy atom. The molecule has 4 nitrogen and oxygen atoms in total. The molecule has 0 aliphatic rings. The number of ether oxygens (including phenoxy) is 1. The molecule has 0 bridgehead atoms. The normalized spacial score (nSPS) is 10.7. The zero-order valence-electron chi connectivity index (χ0n) is 16.7. The molecule has 0 spiro atoms. The van der Waals surface area contributed by atoms with Crippen molar-refractivity contribution in [1.82, 2.24) is 0 Å². The number of benzene rings is 3. The first-order valence-electron chi connectivity index (χ1n) is 9.73. The fourth-order valence-corrected chi connectivity index (χ4v) is 2.95. The molecule has 0 atom stereocenters. The minimum Gasteiger partial charge on any atom is -0.463 e. The zero-order valence-corrected chi connectivity index (χ0v) is 16.7. The summed E-state index contributed by atoms with van der Waals surface area (Å²) in [4.78, 5) is 36.4. The van der Waals surface area contributed by atoms with Crippen LogP contribution in [0.25, 0.3) is 6.08 Å². The molecular weight excluding hydrogens is 376 g/mol. The number of ketones is 2. The van der Waals surface area contributed by atoms with Gasteiger partial charge in [-0.3, -0.25) is 9.59 Å². The summed E-state index contributed by atoms with van der Waals surface area (Å²) in [5.41, 5.74) is 3.47. The molecule has 3 aromatic rings. The van der Waals surface area contributed by atoms with Crippen LogP contribution in [0.4, 0.5) is 0 Å². The van der Waals surface area contributed by atoms with E-state index < -0.39 is 5.97 Å². The fraction of sp³-hybridized carbons (Fsp3) is 0.115. The van der Waals surface area contributed by atoms with Gasteiger partial charge in [0.15, 0.2) is 11.6 Å². The van der Waals surface area contributed by atoms with Gasteiger partial charge in [0.05, 0.1) is 6.61 Å². The Kier molecular flexibility index (Phi) is 7.06. The molecule has 0 N–H and O–H groups in total. The van der Waals surface area contributed by atoms with E-state index in [1.807, 2.05) is 30.3 Å². The molecule has 0 saturated carbocycles. The van der Waals surface area contributed by atoms with Crippen molar-refractivity contribution in [3.8, 4) is 0 Å². The molecule has 0 saturated heterocycles. The summed E-state index contributed by atoms with van der Waals surface area (Å²) in [6, 6.07) is 23.3. The molecule has 3 aromatic carbocycles. The molecule has 0 aromatic heterocycles. The van der Waals surface area contributed by atoms with Crippen molar-refractivity contribution < 1.29 is 19.1 Å². The van der Waals surface area contributed by atoms with Gasteiger partial charge in [-0.2, -0.15) is 0 Å². The molecule has 0 aliphatic carbocycles. The van der Waals surface area contributed by atoms with E-state index in [-0.39, 0.29) is 18.0 Å². The lowest BCUT2D eigenvalue weighted by atomic mass is 9.98. The third kappa shape index (κ3) is 5.61. The Morgan fingerprint density at radius 2 is 1.37 bits per heavy atom. The summed E-state index contributed by atoms with van der Waals surface area (Å²) in [6.07, 6.45) is 3.26. The van der Waals surface area contributed by atoms with Crippen LogP contribution in [0, 0.1) is 0 Å². The number of hydrogen-bond donors (Lipinski definition) is 0. The van der Waals surface area contributed by atoms with Crippen LogP contribution in [0.2, 0.25) is 0 Å². The Bertz CT molecular complexity index is 1050. The second kappa shape index (κ2) is 10.1. The van der Waals surface area contributed by atoms with Crippen LogP contribution < -0.4 is 0 Å². The number of carbonyl (C=O) groups is 3. The molecule has 0 aliphatic heterocycles. The smallest absolute Gasteiger partial charge is 0.330 e. The van der Waals surface area contributed by atoms with Crippen LogP contribution in [0.3, 0.4) is 0 Å². The average molecular weight is 398 g/mol. The second-order valence-electron chi connectivity index (χ2n) is 6.70. The Hall–Kier alpha value is -3.79. The van der Waals surface area contributed by atoms with Gasteiger partial charge < -0.3 is 4.74 Å². The first-order chi connectivity index (χ1) is 14.6. The van der Waals surface area contributed by atoms with Gasteiger partial charge in [0, 0.05) is 29.2 Å². The van der Waals surface area contributed by atoms with Crippen molar-refractivity contribution in [2.75, 3.05) is 6.61 Å². The van der Waals surface area contributed by atoms with Crippen LogP contribution in [-0.4, -0.2) is 24.1 Å². The first kappa shape index (κ1) is 20.9. The standard InChI is InChI=1S/C26H22O4/c1-2-30-25(28)17-12-19-8-13-21(14-9-19)24(27)18-20-10-15-23(16-11-20)26(29)22-6-4-3-5-7-22/h3-17H,2,18H2,1H3/b17-12+. The summed E-state index contributed by atoms with van der Waals surface area (Å²) < 4.78 is 4.84. The lowest BCUT2D eigenvalue weighted by molar-refractivity contribution is -0.137. The molecular formula is C26H22O4. The average Bonchev–Trinajstić information content (AvgIpc) is 2.79. The van der Waals surface area contributed by atoms with Gasteiger partial charge in [-0.05, 0) is 24.1 Å². The van der Waals surface area contributed by atoms with Gasteiger partial charge >= 0.3 is 5.97 Å². The Morgan fingerprint density at radius 3 is 2.00 bits per heavy atom. The van der Waals surface area contributed by atoms with Crippen LogP contribution in [0.1, 0.15) is 44.3 Å². The maximum Gasteiger partial charge on any atom is 0.330 e. The van der Waals surface area contributed by atoms with Crippen molar-refractivity contribution in [3.63, 3.8) is 0 Å². The van der Waals surface area contributed by atoms with Gasteiger partial charge in [0.2, 0.25) is 0 Å². The van der Waals surface area contributed by atoms with E-state index in [1.165, 1.54) is 6.08 Å². The molecule has 150 valence electrons. The number of carbonyl (C=O) groups excluding carboxylic acids is 3. The van der Waals surface area contributed by atoms with E-state index in [2.05, 4.69) is 0 Å². The molecule has 0 amide bonds. The van der Waals surface area contributed by atoms with E-state index in [4.69, 9.17) is 4.74 Å². The molecule has 0 heterocycles. The van der Waals surface area contributed by atoms with E-state index in [0.29, 0.717) is 23.3 Å². The maximum absolute atomic E-state index is 12.6. The van der Waals surface area contributed by atoms with E-state index in [0.717, 1.165) is 11.1 Å². The van der Waals surface area contributed by atoms with Crippen LogP contribution in [0.15, 0.2) is 84.9 Å². The van der Waals surface area contributed by atoms with E-state index >= 15 is 0 Å². The van der Waals surface area contributed by atoms with Gasteiger partial charge in [0.25, 0.3) is 0 Å². The quantitative estimate of drug-likeness (QED) is 0.307. The highest BCUT2D eigenvalue weighted by molar-refractivity contribution is 6.09. The minimum absolute atomic E-state index is 0.0157. The van der Waals surface area contributed by atoms with Crippen LogP contribution in [-0.2, 0) is 16.0 Å². The number of esters is 1. The Balaban J connectivity index is 1.62. The summed E-state index contributed by atoms with van der Waals surface area (Å²) in [5.74, 6) is -0.454. The number of Topliss-reactive ketones (excluding diaryl/α,β-unsaturated/α-hetero) is 1. The third-order valence-corrected chi connectivity index (χ3v) is 4.55. The topological polar surface area (TPSA) is 60.4 Å². The monoisotopic (exact) mass is 398 g/mol. The highest BCUT2D eigenvalue weighted by Gasteiger charge is 2.10. The maximum atomic E-state index is 12.6. The minimum atomic E-state index is -0.396. The predicted octanol–water partition coefficient (Wildman–Crippen LogP) is 4.92. The van der Waals surface area contributed by atoms with E-state index in [1.54, 1.807) is 61.5 Å². The molecule has 0 unspecified atom stereocenters. The highest BCUT2D eigenvalue weighted by Crippen LogP contribution is 2.14. The van der Waals surface area contributed by atoms with Gasteiger partial charge in [0.1, 0.15) is 0 Å². The first-order valence-corrected chi connectivity index (χ1v) is 9.73. The van der Waals surface area contributed by atoms with Crippen molar-refractivity contribution in [2.24, 2.45) is 0 Å². The van der Waals surface area contributed by atoms with Crippen LogP contribution in [0.5, 0.6) is 0 Å². The molecule has 3 rings (SSSR count). The van der Waals surface area contributed by atoms with Gasteiger partial charge in [-0.1, -0.05) is 78.9 Å². The summed E-state index contributed by atoms with van der Waals surface area (Å²) in [5, 5.41) is 0. The summed E-state index contributed by atoms with van der Waals surface area (Å²) in [7, 11) is 0. The second-order valence-corrected chi connectivity index (χ2v) is 6.70. The Labute approximate surface area is 175 Å². The molecule has 4 heteroatoms. The SMILES string of the molecule is CCOC(=O)/C=C/c1ccc(C(=O)Cc2ccc(C(=O)c3ccccc3)cc2)cc1. The van der Waals surface area contributed by atoms with Crippen molar-refractivity contribution in [2.45, 2.75) is 13.3 Å². The fourth-order valence-electron chi connectivity index (χ4n) is 2.95. The van der Waals surface area contributed by atoms with E-state index in [9.17, 15) is 14.4 Å². The number of rotatable bonds is 8. The summed E-state index contributed by atoms with van der Waals surface area (Å²) >= 11 is 0. The largest absolute Gasteiger partial charge is 0.463 e. The number of hydrogen-bond acceptors (Lipinski definition) is 4. The van der Waals surface area contributed by atoms with Crippen molar-refractivity contribution >= 4 is 23.6 Å². The predicted molar refractivity (Wildman–Crippen MR) is 116 cm³/mol. The van der Waals surface area contributed by atoms with Crippen LogP contribution >= 0.6 is 0 Å². The van der Waals surface area contributed by atoms with Crippen molar-refractivity contribution in [1.29, 1.82) is 0 Å². The highest BCUT2D eigenvalue weighted by atomic mass is 16.5. The molecule has 0 fully saturated rings. The molecule has 30 heavy (non-hydrogen) atoms. The lowest BCUT2D eigenvalue weighted by Crippen LogP contribution is -2.05. The lowest BCUT2D eigenvalue weighted by Gasteiger charge is -2.05. The van der Waals surface area contributed by atoms with Crippen molar-refractivity contribution in [3.05, 3.63) is 113 Å². The third-order valence-electron chi connectivity index (χ3n) is 4.55. The summed E-state index contributed by atoms with van der Waals surface area (Å²) in [6.45, 7) is 2.08. The van der Waals surface area contributed by atoms with Gasteiger partial charge in [-0.15, -0.1) is 0 Å². The van der Waals surface area contributed by atoms with Gasteiger partial charge in [-0.25, -0.2) is 4.79 Å². The zero-order chi connectivity index (χ0) is 21.3. The molecule has 0 radical (unpaired) electrons.